The fourth-order valence-corrected chi connectivity index (χ4v) is 3.50. The van der Waals surface area contributed by atoms with Crippen LogP contribution in [0.5, 0.6) is 5.75 Å². The summed E-state index contributed by atoms with van der Waals surface area (Å²) in [6.07, 6.45) is 0. The van der Waals surface area contributed by atoms with E-state index in [2.05, 4.69) is 15.2 Å². The van der Waals surface area contributed by atoms with Crippen molar-refractivity contribution >= 4 is 10.8 Å². The Morgan fingerprint density at radius 1 is 0.903 bits per heavy atom. The molecule has 7 heteroatoms. The van der Waals surface area contributed by atoms with Gasteiger partial charge in [0, 0.05) is 10.9 Å². The maximum atomic E-state index is 13.1. The number of hydrogen-bond donors (Lipinski definition) is 0. The molecular weight excluding hydrogens is 392 g/mol. The van der Waals surface area contributed by atoms with Crippen molar-refractivity contribution in [1.82, 2.24) is 19.9 Å². The zero-order chi connectivity index (χ0) is 21.4. The molecule has 31 heavy (non-hydrogen) atoms. The van der Waals surface area contributed by atoms with Gasteiger partial charge >= 0.3 is 0 Å². The Balaban J connectivity index is 1.71. The van der Waals surface area contributed by atoms with Gasteiger partial charge in [-0.3, -0.25) is 4.79 Å². The van der Waals surface area contributed by atoms with E-state index in [1.165, 1.54) is 4.68 Å². The molecule has 0 N–H and O–H groups in total. The molecule has 2 heterocycles. The number of nitrogens with zero attached hydrogens (tertiary/aromatic N) is 4. The van der Waals surface area contributed by atoms with Gasteiger partial charge in [-0.15, -0.1) is 0 Å². The highest BCUT2D eigenvalue weighted by Gasteiger charge is 2.19. The maximum absolute atomic E-state index is 13.1. The Bertz CT molecular complexity index is 1450. The van der Waals surface area contributed by atoms with Gasteiger partial charge in [-0.05, 0) is 42.8 Å². The predicted octanol–water partition coefficient (Wildman–Crippen LogP) is 4.42. The van der Waals surface area contributed by atoms with Crippen molar-refractivity contribution in [2.45, 2.75) is 6.92 Å². The van der Waals surface area contributed by atoms with Gasteiger partial charge < -0.3 is 9.26 Å². The van der Waals surface area contributed by atoms with Crippen LogP contribution >= 0.6 is 0 Å². The Hall–Kier alpha value is -4.26. The predicted molar refractivity (Wildman–Crippen MR) is 117 cm³/mol. The first-order chi connectivity index (χ1) is 15.2. The number of aromatic nitrogens is 4. The van der Waals surface area contributed by atoms with Crippen LogP contribution in [-0.4, -0.2) is 27.0 Å². The van der Waals surface area contributed by atoms with E-state index >= 15 is 0 Å². The Morgan fingerprint density at radius 3 is 2.35 bits per heavy atom. The molecule has 2 aromatic heterocycles. The summed E-state index contributed by atoms with van der Waals surface area (Å²) in [6.45, 7) is 1.99. The molecule has 5 rings (SSSR count). The Kier molecular flexibility index (Phi) is 4.55. The van der Waals surface area contributed by atoms with E-state index in [0.717, 1.165) is 11.1 Å². The number of hydrogen-bond acceptors (Lipinski definition) is 6. The standard InChI is InChI=1S/C24H18N4O3/c1-15-7-3-4-8-18(15)22-25-23(31-27-22)21-19-9-5-6-10-20(19)24(29)28(26-21)16-11-13-17(30-2)14-12-16/h3-14H,1-2H3. The lowest BCUT2D eigenvalue weighted by molar-refractivity contribution is 0.414. The first-order valence-corrected chi connectivity index (χ1v) is 9.72. The quantitative estimate of drug-likeness (QED) is 0.436. The molecule has 0 unspecified atom stereocenters. The molecule has 0 fully saturated rings. The maximum Gasteiger partial charge on any atom is 0.279 e. The summed E-state index contributed by atoms with van der Waals surface area (Å²) in [5.41, 5.74) is 2.74. The van der Waals surface area contributed by atoms with Crippen molar-refractivity contribution in [1.29, 1.82) is 0 Å². The Labute approximate surface area is 177 Å². The highest BCUT2D eigenvalue weighted by molar-refractivity contribution is 5.92. The zero-order valence-electron chi connectivity index (χ0n) is 16.9. The van der Waals surface area contributed by atoms with E-state index in [4.69, 9.17) is 9.26 Å². The van der Waals surface area contributed by atoms with Gasteiger partial charge in [-0.1, -0.05) is 47.6 Å². The van der Waals surface area contributed by atoms with E-state index in [0.29, 0.717) is 33.7 Å². The summed E-state index contributed by atoms with van der Waals surface area (Å²) >= 11 is 0. The van der Waals surface area contributed by atoms with Gasteiger partial charge in [0.2, 0.25) is 5.82 Å². The molecule has 3 aromatic carbocycles. The van der Waals surface area contributed by atoms with Gasteiger partial charge in [0.1, 0.15) is 5.75 Å². The van der Waals surface area contributed by atoms with Gasteiger partial charge in [0.05, 0.1) is 18.2 Å². The lowest BCUT2D eigenvalue weighted by atomic mass is 10.1. The number of aryl methyl sites for hydroxylation is 1. The first kappa shape index (κ1) is 18.7. The number of benzene rings is 3. The summed E-state index contributed by atoms with van der Waals surface area (Å²) in [7, 11) is 1.59. The second-order valence-corrected chi connectivity index (χ2v) is 7.05. The minimum Gasteiger partial charge on any atom is -0.497 e. The van der Waals surface area contributed by atoms with Crippen LogP contribution in [0.25, 0.3) is 39.4 Å². The molecule has 0 saturated heterocycles. The van der Waals surface area contributed by atoms with Crippen molar-refractivity contribution in [2.24, 2.45) is 0 Å². The van der Waals surface area contributed by atoms with Crippen LogP contribution < -0.4 is 10.3 Å². The minimum atomic E-state index is -0.233. The lowest BCUT2D eigenvalue weighted by Gasteiger charge is -2.09. The fourth-order valence-electron chi connectivity index (χ4n) is 3.50. The smallest absolute Gasteiger partial charge is 0.279 e. The molecule has 0 aliphatic carbocycles. The minimum absolute atomic E-state index is 0.233. The van der Waals surface area contributed by atoms with Crippen molar-refractivity contribution in [3.63, 3.8) is 0 Å². The van der Waals surface area contributed by atoms with Crippen molar-refractivity contribution in [2.75, 3.05) is 7.11 Å². The molecule has 0 atom stereocenters. The number of methoxy groups -OCH3 is 1. The van der Waals surface area contributed by atoms with Crippen molar-refractivity contribution in [3.8, 4) is 34.4 Å². The van der Waals surface area contributed by atoms with Gasteiger partial charge in [-0.2, -0.15) is 14.8 Å². The van der Waals surface area contributed by atoms with Crippen LogP contribution in [-0.2, 0) is 0 Å². The summed E-state index contributed by atoms with van der Waals surface area (Å²) in [5, 5.41) is 9.90. The average molecular weight is 410 g/mol. The lowest BCUT2D eigenvalue weighted by Crippen LogP contribution is -2.22. The fraction of sp³-hybridized carbons (Fsp3) is 0.0833. The normalized spacial score (nSPS) is 11.0. The third-order valence-corrected chi connectivity index (χ3v) is 5.14. The summed E-state index contributed by atoms with van der Waals surface area (Å²) < 4.78 is 12.1. The molecule has 0 aliphatic rings. The molecule has 0 bridgehead atoms. The van der Waals surface area contributed by atoms with Crippen LogP contribution in [0.15, 0.2) is 82.1 Å². The summed E-state index contributed by atoms with van der Waals surface area (Å²) in [6, 6.07) is 22.2. The number of fused-ring (bicyclic) bond motifs is 1. The number of ether oxygens (including phenoxy) is 1. The largest absolute Gasteiger partial charge is 0.497 e. The van der Waals surface area contributed by atoms with E-state index in [1.807, 2.05) is 49.4 Å². The van der Waals surface area contributed by atoms with Crippen LogP contribution in [0.2, 0.25) is 0 Å². The molecule has 0 spiro atoms. The van der Waals surface area contributed by atoms with Crippen LogP contribution in [0.4, 0.5) is 0 Å². The summed E-state index contributed by atoms with van der Waals surface area (Å²) in [5.74, 6) is 1.41. The zero-order valence-corrected chi connectivity index (χ0v) is 16.9. The van der Waals surface area contributed by atoms with Gasteiger partial charge in [-0.25, -0.2) is 0 Å². The summed E-state index contributed by atoms with van der Waals surface area (Å²) in [4.78, 5) is 17.7. The topological polar surface area (TPSA) is 83.0 Å². The number of rotatable bonds is 4. The van der Waals surface area contributed by atoms with E-state index < -0.39 is 0 Å². The van der Waals surface area contributed by atoms with Gasteiger partial charge in [0.15, 0.2) is 5.69 Å². The second-order valence-electron chi connectivity index (χ2n) is 7.05. The molecule has 0 aliphatic heterocycles. The van der Waals surface area contributed by atoms with Crippen LogP contribution in [0.1, 0.15) is 5.56 Å². The van der Waals surface area contributed by atoms with E-state index in [9.17, 15) is 4.79 Å². The average Bonchev–Trinajstić information content (AvgIpc) is 3.30. The third kappa shape index (κ3) is 3.26. The molecule has 0 saturated carbocycles. The highest BCUT2D eigenvalue weighted by Crippen LogP contribution is 2.27. The molecule has 0 amide bonds. The van der Waals surface area contributed by atoms with E-state index in [1.54, 1.807) is 37.4 Å². The van der Waals surface area contributed by atoms with Crippen LogP contribution in [0.3, 0.4) is 0 Å². The monoisotopic (exact) mass is 410 g/mol. The van der Waals surface area contributed by atoms with E-state index in [-0.39, 0.29) is 11.4 Å². The SMILES string of the molecule is COc1ccc(-n2nc(-c3nc(-c4ccccc4C)no3)c3ccccc3c2=O)cc1. The third-order valence-electron chi connectivity index (χ3n) is 5.14. The Morgan fingerprint density at radius 2 is 1.61 bits per heavy atom. The second kappa shape index (κ2) is 7.53. The molecule has 152 valence electrons. The van der Waals surface area contributed by atoms with Crippen molar-refractivity contribution < 1.29 is 9.26 Å². The molecule has 5 aromatic rings. The first-order valence-electron chi connectivity index (χ1n) is 9.72. The molecule has 7 nitrogen and oxygen atoms in total. The molecular formula is C24H18N4O3. The van der Waals surface area contributed by atoms with Gasteiger partial charge in [0.25, 0.3) is 11.4 Å². The molecule has 0 radical (unpaired) electrons. The highest BCUT2D eigenvalue weighted by atomic mass is 16.5. The van der Waals surface area contributed by atoms with Crippen molar-refractivity contribution in [3.05, 3.63) is 88.7 Å². The van der Waals surface area contributed by atoms with Crippen LogP contribution in [0, 0.1) is 6.92 Å².